The third kappa shape index (κ3) is 5.07. The summed E-state index contributed by atoms with van der Waals surface area (Å²) in [5.74, 6) is 6.55. The largest absolute Gasteiger partial charge is 0.395 e. The van der Waals surface area contributed by atoms with E-state index in [2.05, 4.69) is 23.7 Å². The van der Waals surface area contributed by atoms with Gasteiger partial charge in [0.2, 0.25) is 0 Å². The molecule has 1 amide bonds. The van der Waals surface area contributed by atoms with Crippen molar-refractivity contribution in [1.82, 2.24) is 9.88 Å². The summed E-state index contributed by atoms with van der Waals surface area (Å²) in [6.45, 7) is 2.09. The average Bonchev–Trinajstić information content (AvgIpc) is 2.52. The molecule has 0 spiro atoms. The number of carbonyl (C=O) groups is 1. The highest BCUT2D eigenvalue weighted by Crippen LogP contribution is 2.13. The fraction of sp³-hybridized carbons (Fsp3) is 0.500. The van der Waals surface area contributed by atoms with Crippen LogP contribution in [0.2, 0.25) is 0 Å². The highest BCUT2D eigenvalue weighted by atomic mass is 32.2. The lowest BCUT2D eigenvalue weighted by Gasteiger charge is -2.26. The Kier molecular flexibility index (Phi) is 7.88. The van der Waals surface area contributed by atoms with E-state index < -0.39 is 0 Å². The Morgan fingerprint density at radius 2 is 2.33 bits per heavy atom. The third-order valence-corrected chi connectivity index (χ3v) is 3.89. The molecule has 1 rings (SSSR count). The minimum Gasteiger partial charge on any atom is -0.395 e. The molecule has 0 aliphatic heterocycles. The topological polar surface area (TPSA) is 53.4 Å². The second-order valence-corrected chi connectivity index (χ2v) is 5.52. The molecule has 1 heterocycles. The standard InChI is InChI=1S/C16H22N2O2S/c1-4-14(12-21-3)18(2)16(20)15-13(8-5-6-11-19)9-7-10-17-15/h7,9-10,14,19H,4,6,11-12H2,1-3H3. The van der Waals surface area contributed by atoms with Crippen LogP contribution in [0, 0.1) is 11.8 Å². The number of hydrogen-bond donors (Lipinski definition) is 1. The van der Waals surface area contributed by atoms with Crippen LogP contribution in [0.25, 0.3) is 0 Å². The van der Waals surface area contributed by atoms with E-state index in [9.17, 15) is 4.79 Å². The fourth-order valence-corrected chi connectivity index (χ4v) is 2.76. The monoisotopic (exact) mass is 306 g/mol. The van der Waals surface area contributed by atoms with Crippen molar-refractivity contribution in [3.8, 4) is 11.8 Å². The first-order valence-electron chi connectivity index (χ1n) is 6.96. The van der Waals surface area contributed by atoms with E-state index in [1.54, 1.807) is 35.0 Å². The van der Waals surface area contributed by atoms with Gasteiger partial charge in [0.25, 0.3) is 5.91 Å². The van der Waals surface area contributed by atoms with Crippen LogP contribution < -0.4 is 0 Å². The molecule has 0 aliphatic carbocycles. The Labute approximate surface area is 131 Å². The van der Waals surface area contributed by atoms with Gasteiger partial charge in [0, 0.05) is 31.5 Å². The number of hydrogen-bond acceptors (Lipinski definition) is 4. The summed E-state index contributed by atoms with van der Waals surface area (Å²) in [5.41, 5.74) is 0.992. The number of amides is 1. The molecule has 1 aromatic rings. The smallest absolute Gasteiger partial charge is 0.273 e. The maximum atomic E-state index is 12.6. The first-order valence-corrected chi connectivity index (χ1v) is 8.35. The maximum absolute atomic E-state index is 12.6. The molecule has 0 saturated carbocycles. The molecule has 0 aliphatic rings. The van der Waals surface area contributed by atoms with Crippen molar-refractivity contribution in [3.05, 3.63) is 29.6 Å². The second kappa shape index (κ2) is 9.43. The third-order valence-electron chi connectivity index (χ3n) is 3.17. The van der Waals surface area contributed by atoms with Gasteiger partial charge in [-0.15, -0.1) is 0 Å². The molecule has 21 heavy (non-hydrogen) atoms. The quantitative estimate of drug-likeness (QED) is 0.817. The fourth-order valence-electron chi connectivity index (χ4n) is 1.92. The van der Waals surface area contributed by atoms with Crippen molar-refractivity contribution in [3.63, 3.8) is 0 Å². The molecule has 0 bridgehead atoms. The summed E-state index contributed by atoms with van der Waals surface area (Å²) >= 11 is 1.73. The summed E-state index contributed by atoms with van der Waals surface area (Å²) < 4.78 is 0. The normalized spacial score (nSPS) is 11.4. The van der Waals surface area contributed by atoms with Crippen molar-refractivity contribution < 1.29 is 9.90 Å². The first-order chi connectivity index (χ1) is 10.2. The van der Waals surface area contributed by atoms with E-state index in [0.29, 0.717) is 17.7 Å². The minimum absolute atomic E-state index is 0.0159. The van der Waals surface area contributed by atoms with Gasteiger partial charge in [0.1, 0.15) is 5.69 Å². The SMILES string of the molecule is CCC(CSC)N(C)C(=O)c1ncccc1C#CCCO. The van der Waals surface area contributed by atoms with Gasteiger partial charge in [0.15, 0.2) is 0 Å². The van der Waals surface area contributed by atoms with E-state index in [1.165, 1.54) is 0 Å². The summed E-state index contributed by atoms with van der Waals surface area (Å²) in [5, 5.41) is 8.78. The van der Waals surface area contributed by atoms with Crippen LogP contribution in [0.3, 0.4) is 0 Å². The van der Waals surface area contributed by atoms with Gasteiger partial charge in [-0.3, -0.25) is 4.79 Å². The summed E-state index contributed by atoms with van der Waals surface area (Å²) in [7, 11) is 1.81. The number of thioether (sulfide) groups is 1. The Morgan fingerprint density at radius 1 is 1.57 bits per heavy atom. The van der Waals surface area contributed by atoms with Gasteiger partial charge in [-0.05, 0) is 24.8 Å². The number of aliphatic hydroxyl groups is 1. The number of aliphatic hydroxyl groups excluding tert-OH is 1. The lowest BCUT2D eigenvalue weighted by atomic mass is 10.1. The molecule has 1 atom stereocenters. The summed E-state index contributed by atoms with van der Waals surface area (Å²) in [4.78, 5) is 18.5. The predicted molar refractivity (Wildman–Crippen MR) is 87.4 cm³/mol. The van der Waals surface area contributed by atoms with Crippen molar-refractivity contribution in [2.24, 2.45) is 0 Å². The van der Waals surface area contributed by atoms with Crippen LogP contribution >= 0.6 is 11.8 Å². The lowest BCUT2D eigenvalue weighted by molar-refractivity contribution is 0.0737. The van der Waals surface area contributed by atoms with Crippen molar-refractivity contribution in [2.75, 3.05) is 25.7 Å². The first kappa shape index (κ1) is 17.5. The number of aromatic nitrogens is 1. The molecule has 1 unspecified atom stereocenters. The zero-order valence-corrected chi connectivity index (χ0v) is 13.6. The Bertz CT molecular complexity index is 522. The second-order valence-electron chi connectivity index (χ2n) is 4.61. The zero-order valence-electron chi connectivity index (χ0n) is 12.8. The van der Waals surface area contributed by atoms with Gasteiger partial charge in [-0.1, -0.05) is 18.8 Å². The van der Waals surface area contributed by atoms with Gasteiger partial charge in [-0.25, -0.2) is 4.98 Å². The number of carbonyl (C=O) groups excluding carboxylic acids is 1. The van der Waals surface area contributed by atoms with Crippen molar-refractivity contribution in [2.45, 2.75) is 25.8 Å². The number of rotatable bonds is 6. The molecule has 114 valence electrons. The molecule has 0 saturated heterocycles. The van der Waals surface area contributed by atoms with E-state index in [1.807, 2.05) is 13.3 Å². The molecular formula is C16H22N2O2S. The molecule has 4 nitrogen and oxygen atoms in total. The van der Waals surface area contributed by atoms with Gasteiger partial charge >= 0.3 is 0 Å². The van der Waals surface area contributed by atoms with E-state index in [-0.39, 0.29) is 18.6 Å². The molecule has 0 aromatic carbocycles. The van der Waals surface area contributed by atoms with Crippen molar-refractivity contribution in [1.29, 1.82) is 0 Å². The molecule has 0 fully saturated rings. The van der Waals surface area contributed by atoms with Crippen LogP contribution in [-0.2, 0) is 0 Å². The highest BCUT2D eigenvalue weighted by molar-refractivity contribution is 7.98. The van der Waals surface area contributed by atoms with Gasteiger partial charge in [-0.2, -0.15) is 11.8 Å². The number of nitrogens with zero attached hydrogens (tertiary/aromatic N) is 2. The van der Waals surface area contributed by atoms with Crippen molar-refractivity contribution >= 4 is 17.7 Å². The molecule has 1 N–H and O–H groups in total. The molecule has 5 heteroatoms. The van der Waals surface area contributed by atoms with Gasteiger partial charge < -0.3 is 10.0 Å². The Balaban J connectivity index is 2.99. The maximum Gasteiger partial charge on any atom is 0.273 e. The van der Waals surface area contributed by atoms with E-state index in [0.717, 1.165) is 12.2 Å². The van der Waals surface area contributed by atoms with Gasteiger partial charge in [0.05, 0.1) is 12.2 Å². The van der Waals surface area contributed by atoms with E-state index in [4.69, 9.17) is 5.11 Å². The van der Waals surface area contributed by atoms with Crippen LogP contribution in [-0.4, -0.2) is 52.6 Å². The predicted octanol–water partition coefficient (Wildman–Crippen LogP) is 2.03. The Hall–Kier alpha value is -1.51. The number of pyridine rings is 1. The summed E-state index contributed by atoms with van der Waals surface area (Å²) in [6.07, 6.45) is 4.94. The lowest BCUT2D eigenvalue weighted by Crippen LogP contribution is -2.39. The molecule has 0 radical (unpaired) electrons. The van der Waals surface area contributed by atoms with Crippen LogP contribution in [0.5, 0.6) is 0 Å². The zero-order chi connectivity index (χ0) is 15.7. The molecular weight excluding hydrogens is 284 g/mol. The van der Waals surface area contributed by atoms with Crippen LogP contribution in [0.15, 0.2) is 18.3 Å². The van der Waals surface area contributed by atoms with E-state index >= 15 is 0 Å². The Morgan fingerprint density at radius 3 is 2.95 bits per heavy atom. The van der Waals surface area contributed by atoms with Crippen LogP contribution in [0.4, 0.5) is 0 Å². The minimum atomic E-state index is -0.107. The average molecular weight is 306 g/mol. The molecule has 1 aromatic heterocycles. The van der Waals surface area contributed by atoms with Crippen LogP contribution in [0.1, 0.15) is 35.8 Å². The summed E-state index contributed by atoms with van der Waals surface area (Å²) in [6, 6.07) is 3.74. The highest BCUT2D eigenvalue weighted by Gasteiger charge is 2.22.